The first-order valence-corrected chi connectivity index (χ1v) is 14.2. The molecule has 0 bridgehead atoms. The van der Waals surface area contributed by atoms with E-state index in [-0.39, 0.29) is 0 Å². The molecule has 1 aliphatic carbocycles. The third-order valence-corrected chi connectivity index (χ3v) is 8.96. The number of fused-ring (bicyclic) bond motifs is 9. The standard InChI is InChI=1S/C39H26O2/c1-22-7-3-11-30-32-13-5-9-28(38(32)40-36(22)30)26-17-15-24-19-25-16-18-27(21-35(25)34(24)20-26)29-10-6-14-33-31-12-4-8-23(2)37(31)41-39(29)33/h3-18,20-21H,19H2,1-2H3. The molecule has 0 saturated carbocycles. The number of para-hydroxylation sites is 4. The van der Waals surface area contributed by atoms with E-state index >= 15 is 0 Å². The van der Waals surface area contributed by atoms with Crippen LogP contribution in [-0.2, 0) is 6.42 Å². The molecule has 194 valence electrons. The molecule has 0 N–H and O–H groups in total. The van der Waals surface area contributed by atoms with Crippen molar-refractivity contribution in [3.8, 4) is 33.4 Å². The Labute approximate surface area is 237 Å². The molecule has 2 heterocycles. The maximum absolute atomic E-state index is 6.50. The smallest absolute Gasteiger partial charge is 0.143 e. The van der Waals surface area contributed by atoms with Crippen molar-refractivity contribution < 1.29 is 8.83 Å². The van der Waals surface area contributed by atoms with Crippen LogP contribution in [0.15, 0.2) is 118 Å². The van der Waals surface area contributed by atoms with Gasteiger partial charge in [-0.3, -0.25) is 0 Å². The van der Waals surface area contributed by atoms with Gasteiger partial charge in [0.25, 0.3) is 0 Å². The number of furan rings is 2. The van der Waals surface area contributed by atoms with Gasteiger partial charge in [-0.1, -0.05) is 97.1 Å². The van der Waals surface area contributed by atoms with Crippen LogP contribution in [0.5, 0.6) is 0 Å². The lowest BCUT2D eigenvalue weighted by Crippen LogP contribution is -1.84. The van der Waals surface area contributed by atoms with Crippen LogP contribution in [0.1, 0.15) is 22.3 Å². The van der Waals surface area contributed by atoms with Gasteiger partial charge in [-0.15, -0.1) is 0 Å². The highest BCUT2D eigenvalue weighted by Gasteiger charge is 2.22. The Morgan fingerprint density at radius 1 is 0.415 bits per heavy atom. The molecule has 0 radical (unpaired) electrons. The SMILES string of the molecule is Cc1cccc2c1oc1c(-c3ccc4c(c3)-c3cc(-c5cccc6c5oc5c(C)cccc56)ccc3C4)cccc12. The first-order chi connectivity index (χ1) is 20.1. The summed E-state index contributed by atoms with van der Waals surface area (Å²) in [6.07, 6.45) is 0.952. The molecule has 0 spiro atoms. The summed E-state index contributed by atoms with van der Waals surface area (Å²) in [4.78, 5) is 0. The highest BCUT2D eigenvalue weighted by molar-refractivity contribution is 6.11. The molecule has 0 saturated heterocycles. The van der Waals surface area contributed by atoms with Crippen molar-refractivity contribution in [3.05, 3.63) is 131 Å². The number of benzene rings is 6. The number of rotatable bonds is 2. The first kappa shape index (κ1) is 22.7. The summed E-state index contributed by atoms with van der Waals surface area (Å²) in [5.74, 6) is 0. The van der Waals surface area contributed by atoms with Gasteiger partial charge in [-0.05, 0) is 76.9 Å². The quantitative estimate of drug-likeness (QED) is 0.224. The van der Waals surface area contributed by atoms with E-state index in [2.05, 4.69) is 123 Å². The maximum atomic E-state index is 6.50. The second-order valence-electron chi connectivity index (χ2n) is 11.4. The van der Waals surface area contributed by atoms with Crippen LogP contribution in [0, 0.1) is 13.8 Å². The van der Waals surface area contributed by atoms with Gasteiger partial charge in [-0.2, -0.15) is 0 Å². The van der Waals surface area contributed by atoms with Gasteiger partial charge in [0.15, 0.2) is 0 Å². The molecule has 6 aromatic carbocycles. The molecule has 8 aromatic rings. The zero-order valence-electron chi connectivity index (χ0n) is 22.9. The Balaban J connectivity index is 1.21. The van der Waals surface area contributed by atoms with Crippen LogP contribution in [0.25, 0.3) is 77.3 Å². The zero-order valence-corrected chi connectivity index (χ0v) is 22.9. The van der Waals surface area contributed by atoms with Crippen LogP contribution in [-0.4, -0.2) is 0 Å². The van der Waals surface area contributed by atoms with Crippen molar-refractivity contribution in [1.82, 2.24) is 0 Å². The van der Waals surface area contributed by atoms with Crippen LogP contribution >= 0.6 is 0 Å². The second kappa shape index (κ2) is 8.22. The lowest BCUT2D eigenvalue weighted by atomic mass is 9.95. The summed E-state index contributed by atoms with van der Waals surface area (Å²) in [6.45, 7) is 4.22. The molecule has 9 rings (SSSR count). The zero-order chi connectivity index (χ0) is 27.2. The minimum absolute atomic E-state index is 0.952. The van der Waals surface area contributed by atoms with Crippen LogP contribution in [0.3, 0.4) is 0 Å². The number of hydrogen-bond acceptors (Lipinski definition) is 2. The molecular formula is C39H26O2. The average Bonchev–Trinajstić information content (AvgIpc) is 3.69. The minimum atomic E-state index is 0.952. The lowest BCUT2D eigenvalue weighted by Gasteiger charge is -2.09. The summed E-state index contributed by atoms with van der Waals surface area (Å²) < 4.78 is 13.0. The molecular weight excluding hydrogens is 500 g/mol. The van der Waals surface area contributed by atoms with Crippen LogP contribution < -0.4 is 0 Å². The summed E-state index contributed by atoms with van der Waals surface area (Å²) in [5.41, 5.74) is 16.1. The fourth-order valence-electron chi connectivity index (χ4n) is 6.88. The van der Waals surface area contributed by atoms with Crippen LogP contribution in [0.4, 0.5) is 0 Å². The fraction of sp³-hybridized carbons (Fsp3) is 0.0769. The van der Waals surface area contributed by atoms with E-state index in [0.717, 1.165) is 51.0 Å². The van der Waals surface area contributed by atoms with Gasteiger partial charge < -0.3 is 8.83 Å². The third kappa shape index (κ3) is 3.19. The van der Waals surface area contributed by atoms with E-state index in [1.165, 1.54) is 54.9 Å². The molecule has 0 aliphatic heterocycles. The van der Waals surface area contributed by atoms with E-state index in [9.17, 15) is 0 Å². The maximum Gasteiger partial charge on any atom is 0.143 e. The Morgan fingerprint density at radius 2 is 0.829 bits per heavy atom. The van der Waals surface area contributed by atoms with Crippen molar-refractivity contribution in [2.75, 3.05) is 0 Å². The molecule has 0 atom stereocenters. The molecule has 1 aliphatic rings. The van der Waals surface area contributed by atoms with E-state index in [1.54, 1.807) is 0 Å². The molecule has 0 amide bonds. The van der Waals surface area contributed by atoms with Gasteiger partial charge in [0.2, 0.25) is 0 Å². The fourth-order valence-corrected chi connectivity index (χ4v) is 6.88. The van der Waals surface area contributed by atoms with Crippen molar-refractivity contribution in [2.24, 2.45) is 0 Å². The van der Waals surface area contributed by atoms with Crippen molar-refractivity contribution >= 4 is 43.9 Å². The molecule has 0 unspecified atom stereocenters. The van der Waals surface area contributed by atoms with Gasteiger partial charge in [-0.25, -0.2) is 0 Å². The minimum Gasteiger partial charge on any atom is -0.455 e. The predicted octanol–water partition coefficient (Wildman–Crippen LogP) is 11.0. The lowest BCUT2D eigenvalue weighted by molar-refractivity contribution is 0.666. The van der Waals surface area contributed by atoms with Crippen molar-refractivity contribution in [2.45, 2.75) is 20.3 Å². The summed E-state index contributed by atoms with van der Waals surface area (Å²) >= 11 is 0. The highest BCUT2D eigenvalue weighted by atomic mass is 16.3. The highest BCUT2D eigenvalue weighted by Crippen LogP contribution is 2.44. The Bertz CT molecular complexity index is 2200. The topological polar surface area (TPSA) is 26.3 Å². The molecule has 2 nitrogen and oxygen atoms in total. The summed E-state index contributed by atoms with van der Waals surface area (Å²) in [6, 6.07) is 39.5. The van der Waals surface area contributed by atoms with Gasteiger partial charge >= 0.3 is 0 Å². The first-order valence-electron chi connectivity index (χ1n) is 14.2. The van der Waals surface area contributed by atoms with E-state index in [0.29, 0.717) is 0 Å². The predicted molar refractivity (Wildman–Crippen MR) is 170 cm³/mol. The largest absolute Gasteiger partial charge is 0.455 e. The van der Waals surface area contributed by atoms with Crippen molar-refractivity contribution in [1.29, 1.82) is 0 Å². The molecule has 2 aromatic heterocycles. The normalized spacial score (nSPS) is 12.5. The third-order valence-electron chi connectivity index (χ3n) is 8.96. The van der Waals surface area contributed by atoms with Gasteiger partial charge in [0, 0.05) is 32.7 Å². The number of aryl methyl sites for hydroxylation is 2. The van der Waals surface area contributed by atoms with Crippen molar-refractivity contribution in [3.63, 3.8) is 0 Å². The monoisotopic (exact) mass is 526 g/mol. The number of hydrogen-bond donors (Lipinski definition) is 0. The Kier molecular flexibility index (Phi) is 4.55. The Hall–Kier alpha value is -5.08. The molecule has 41 heavy (non-hydrogen) atoms. The molecule has 0 fully saturated rings. The average molecular weight is 527 g/mol. The van der Waals surface area contributed by atoms with Gasteiger partial charge in [0.1, 0.15) is 22.3 Å². The summed E-state index contributed by atoms with van der Waals surface area (Å²) in [5, 5.41) is 4.68. The Morgan fingerprint density at radius 3 is 1.29 bits per heavy atom. The van der Waals surface area contributed by atoms with E-state index < -0.39 is 0 Å². The summed E-state index contributed by atoms with van der Waals surface area (Å²) in [7, 11) is 0. The molecule has 2 heteroatoms. The second-order valence-corrected chi connectivity index (χ2v) is 11.4. The van der Waals surface area contributed by atoms with E-state index in [1.807, 2.05) is 0 Å². The van der Waals surface area contributed by atoms with Crippen LogP contribution in [0.2, 0.25) is 0 Å². The van der Waals surface area contributed by atoms with E-state index in [4.69, 9.17) is 8.83 Å². The van der Waals surface area contributed by atoms with Gasteiger partial charge in [0.05, 0.1) is 0 Å².